The normalized spacial score (nSPS) is 14.8. The Morgan fingerprint density at radius 2 is 1.04 bits per heavy atom. The molecule has 1 aliphatic carbocycles. The van der Waals surface area contributed by atoms with E-state index in [-0.39, 0.29) is 0 Å². The molecule has 242 valence electrons. The Morgan fingerprint density at radius 1 is 0.423 bits per heavy atom. The van der Waals surface area contributed by atoms with Crippen molar-refractivity contribution in [2.75, 3.05) is 0 Å². The van der Waals surface area contributed by atoms with E-state index in [9.17, 15) is 5.26 Å². The molecule has 0 N–H and O–H groups in total. The van der Waals surface area contributed by atoms with Crippen LogP contribution in [0.3, 0.4) is 0 Å². The lowest BCUT2D eigenvalue weighted by Gasteiger charge is -2.39. The van der Waals surface area contributed by atoms with Gasteiger partial charge < -0.3 is 4.74 Å². The van der Waals surface area contributed by atoms with Gasteiger partial charge in [0, 0.05) is 27.8 Å². The van der Waals surface area contributed by atoms with Crippen LogP contribution in [0.4, 0.5) is 0 Å². The molecule has 1 spiro atoms. The van der Waals surface area contributed by atoms with Crippen LogP contribution in [-0.4, -0.2) is 9.97 Å². The summed E-state index contributed by atoms with van der Waals surface area (Å²) < 4.78 is 6.69. The summed E-state index contributed by atoms with van der Waals surface area (Å²) in [5.74, 6) is 2.24. The van der Waals surface area contributed by atoms with Crippen molar-refractivity contribution in [1.82, 2.24) is 9.97 Å². The monoisotopic (exact) mass is 663 g/mol. The van der Waals surface area contributed by atoms with Gasteiger partial charge >= 0.3 is 0 Å². The van der Waals surface area contributed by atoms with Crippen LogP contribution in [0.15, 0.2) is 176 Å². The van der Waals surface area contributed by atoms with E-state index in [1.807, 2.05) is 42.5 Å². The second-order valence-electron chi connectivity index (χ2n) is 13.3. The van der Waals surface area contributed by atoms with Gasteiger partial charge in [-0.05, 0) is 81.9 Å². The SMILES string of the molecule is N#Cc1ccc2c(c1)C1(c3ccccc3Oc3ccc(-c4cc(-c5cccc(-c6ccccc6)c5)nc(-c5ccccc5)n4)cc31)c1ccccc1-2. The quantitative estimate of drug-likeness (QED) is 0.188. The molecule has 1 unspecified atom stereocenters. The zero-order valence-corrected chi connectivity index (χ0v) is 28.0. The second kappa shape index (κ2) is 11.8. The minimum atomic E-state index is -0.707. The molecule has 1 atom stereocenters. The van der Waals surface area contributed by atoms with Gasteiger partial charge in [0.15, 0.2) is 5.82 Å². The summed E-state index contributed by atoms with van der Waals surface area (Å²) in [6.45, 7) is 0. The van der Waals surface area contributed by atoms with Crippen LogP contribution in [0.1, 0.15) is 27.8 Å². The number of hydrogen-bond acceptors (Lipinski definition) is 4. The third-order valence-corrected chi connectivity index (χ3v) is 10.4. The number of nitrogens with zero attached hydrogens (tertiary/aromatic N) is 3. The number of hydrogen-bond donors (Lipinski definition) is 0. The zero-order chi connectivity index (χ0) is 34.6. The molecule has 0 saturated heterocycles. The van der Waals surface area contributed by atoms with E-state index in [1.54, 1.807) is 0 Å². The van der Waals surface area contributed by atoms with Crippen LogP contribution in [0.25, 0.3) is 56.2 Å². The Hall–Kier alpha value is -7.09. The fourth-order valence-electron chi connectivity index (χ4n) is 8.08. The summed E-state index contributed by atoms with van der Waals surface area (Å²) >= 11 is 0. The smallest absolute Gasteiger partial charge is 0.160 e. The molecular formula is C48H29N3O. The van der Waals surface area contributed by atoms with Crippen LogP contribution >= 0.6 is 0 Å². The lowest BCUT2D eigenvalue weighted by molar-refractivity contribution is 0.436. The number of para-hydroxylation sites is 1. The molecule has 0 saturated carbocycles. The van der Waals surface area contributed by atoms with Crippen molar-refractivity contribution in [3.8, 4) is 73.7 Å². The molecule has 8 aromatic rings. The van der Waals surface area contributed by atoms with Crippen molar-refractivity contribution in [2.24, 2.45) is 0 Å². The summed E-state index contributed by atoms with van der Waals surface area (Å²) in [4.78, 5) is 10.3. The lowest BCUT2D eigenvalue weighted by atomic mass is 9.65. The summed E-state index contributed by atoms with van der Waals surface area (Å²) in [5.41, 5.74) is 13.3. The maximum absolute atomic E-state index is 10.1. The number of fused-ring (bicyclic) bond motifs is 9. The lowest BCUT2D eigenvalue weighted by Crippen LogP contribution is -2.32. The second-order valence-corrected chi connectivity index (χ2v) is 13.3. The number of aromatic nitrogens is 2. The molecule has 0 radical (unpaired) electrons. The standard InChI is InChI=1S/C48H29N3O/c49-30-31-22-24-38-37-18-7-8-19-39(37)48(41(38)26-31)40-20-9-10-21-45(40)52-46-25-23-36(28-42(46)48)44-29-43(50-47(51-44)33-14-5-2-6-15-33)35-17-11-16-34(27-35)32-12-3-1-4-13-32/h1-29H. The Kier molecular flexibility index (Phi) is 6.74. The molecule has 1 aromatic heterocycles. The average Bonchev–Trinajstić information content (AvgIpc) is 3.51. The third-order valence-electron chi connectivity index (χ3n) is 10.4. The van der Waals surface area contributed by atoms with E-state index in [0.717, 1.165) is 78.5 Å². The minimum Gasteiger partial charge on any atom is -0.457 e. The van der Waals surface area contributed by atoms with Gasteiger partial charge in [-0.2, -0.15) is 5.26 Å². The van der Waals surface area contributed by atoms with Crippen molar-refractivity contribution >= 4 is 0 Å². The van der Waals surface area contributed by atoms with Gasteiger partial charge in [-0.25, -0.2) is 9.97 Å². The molecule has 10 rings (SSSR count). The first-order valence-corrected chi connectivity index (χ1v) is 17.4. The third kappa shape index (κ3) is 4.54. The Labute approximate surface area is 301 Å². The van der Waals surface area contributed by atoms with Crippen molar-refractivity contribution in [1.29, 1.82) is 5.26 Å². The highest BCUT2D eigenvalue weighted by Gasteiger charge is 2.51. The first kappa shape index (κ1) is 29.8. The van der Waals surface area contributed by atoms with Crippen LogP contribution in [0.5, 0.6) is 11.5 Å². The number of ether oxygens (including phenoxy) is 1. The van der Waals surface area contributed by atoms with Gasteiger partial charge in [-0.3, -0.25) is 0 Å². The predicted octanol–water partition coefficient (Wildman–Crippen LogP) is 11.5. The molecule has 4 nitrogen and oxygen atoms in total. The predicted molar refractivity (Wildman–Crippen MR) is 206 cm³/mol. The zero-order valence-electron chi connectivity index (χ0n) is 28.0. The summed E-state index contributed by atoms with van der Waals surface area (Å²) in [6, 6.07) is 62.9. The number of rotatable bonds is 4. The van der Waals surface area contributed by atoms with Crippen molar-refractivity contribution in [3.05, 3.63) is 204 Å². The van der Waals surface area contributed by atoms with Gasteiger partial charge in [-0.15, -0.1) is 0 Å². The van der Waals surface area contributed by atoms with Gasteiger partial charge in [0.05, 0.1) is 28.4 Å². The van der Waals surface area contributed by atoms with Crippen LogP contribution in [0.2, 0.25) is 0 Å². The van der Waals surface area contributed by atoms with Crippen LogP contribution < -0.4 is 4.74 Å². The summed E-state index contributed by atoms with van der Waals surface area (Å²) in [6.07, 6.45) is 0. The highest BCUT2D eigenvalue weighted by atomic mass is 16.5. The molecule has 4 heteroatoms. The van der Waals surface area contributed by atoms with Crippen molar-refractivity contribution in [3.63, 3.8) is 0 Å². The van der Waals surface area contributed by atoms with E-state index >= 15 is 0 Å². The van der Waals surface area contributed by atoms with E-state index < -0.39 is 5.41 Å². The molecule has 2 heterocycles. The number of benzene rings is 7. The van der Waals surface area contributed by atoms with Gasteiger partial charge in [0.2, 0.25) is 0 Å². The topological polar surface area (TPSA) is 58.8 Å². The molecule has 0 fully saturated rings. The first-order chi connectivity index (χ1) is 25.7. The van der Waals surface area contributed by atoms with E-state index in [2.05, 4.69) is 140 Å². The number of nitriles is 1. The van der Waals surface area contributed by atoms with Gasteiger partial charge in [-0.1, -0.05) is 127 Å². The fourth-order valence-corrected chi connectivity index (χ4v) is 8.08. The molecule has 52 heavy (non-hydrogen) atoms. The summed E-state index contributed by atoms with van der Waals surface area (Å²) in [7, 11) is 0. The Balaban J connectivity index is 1.22. The van der Waals surface area contributed by atoms with Crippen LogP contribution in [-0.2, 0) is 5.41 Å². The van der Waals surface area contributed by atoms with Crippen molar-refractivity contribution in [2.45, 2.75) is 5.41 Å². The summed E-state index contributed by atoms with van der Waals surface area (Å²) in [5, 5.41) is 10.1. The maximum Gasteiger partial charge on any atom is 0.160 e. The fraction of sp³-hybridized carbons (Fsp3) is 0.0208. The largest absolute Gasteiger partial charge is 0.457 e. The highest BCUT2D eigenvalue weighted by molar-refractivity contribution is 5.89. The Morgan fingerprint density at radius 3 is 1.83 bits per heavy atom. The molecule has 0 bridgehead atoms. The van der Waals surface area contributed by atoms with Gasteiger partial charge in [0.1, 0.15) is 11.5 Å². The van der Waals surface area contributed by atoms with Gasteiger partial charge in [0.25, 0.3) is 0 Å². The van der Waals surface area contributed by atoms with Crippen LogP contribution in [0, 0.1) is 11.3 Å². The maximum atomic E-state index is 10.1. The Bertz CT molecular complexity index is 2730. The molecule has 7 aromatic carbocycles. The molecule has 0 amide bonds. The first-order valence-electron chi connectivity index (χ1n) is 17.4. The highest BCUT2D eigenvalue weighted by Crippen LogP contribution is 2.62. The molecule has 2 aliphatic rings. The average molecular weight is 664 g/mol. The molecule has 1 aliphatic heterocycles. The van der Waals surface area contributed by atoms with E-state index in [0.29, 0.717) is 11.4 Å². The molecular weight excluding hydrogens is 635 g/mol. The van der Waals surface area contributed by atoms with Crippen molar-refractivity contribution < 1.29 is 4.74 Å². The van der Waals surface area contributed by atoms with E-state index in [1.165, 1.54) is 5.56 Å². The van der Waals surface area contributed by atoms with E-state index in [4.69, 9.17) is 14.7 Å². The minimum absolute atomic E-state index is 0.623.